The van der Waals surface area contributed by atoms with E-state index in [1.165, 1.54) is 0 Å². The topological polar surface area (TPSA) is 49.6 Å². The van der Waals surface area contributed by atoms with Crippen molar-refractivity contribution < 1.29 is 4.79 Å². The molecule has 1 aromatic carbocycles. The van der Waals surface area contributed by atoms with Crippen LogP contribution >= 0.6 is 12.2 Å². The van der Waals surface area contributed by atoms with Crippen LogP contribution in [0.5, 0.6) is 0 Å². The number of nitrogens with zero attached hydrogens (tertiary/aromatic N) is 2. The molecule has 20 heavy (non-hydrogen) atoms. The summed E-state index contributed by atoms with van der Waals surface area (Å²) in [7, 11) is 3.97. The first-order chi connectivity index (χ1) is 9.49. The number of benzene rings is 1. The fourth-order valence-corrected chi connectivity index (χ4v) is 2.69. The van der Waals surface area contributed by atoms with E-state index in [4.69, 9.17) is 18.0 Å². The first-order valence-corrected chi connectivity index (χ1v) is 7.26. The molecule has 0 spiro atoms. The highest BCUT2D eigenvalue weighted by Gasteiger charge is 2.24. The molecule has 0 radical (unpaired) electrons. The average Bonchev–Trinajstić information content (AvgIpc) is 2.46. The molecule has 0 aromatic heterocycles. The summed E-state index contributed by atoms with van der Waals surface area (Å²) < 4.78 is 0. The van der Waals surface area contributed by atoms with E-state index in [9.17, 15) is 4.79 Å². The second-order valence-electron chi connectivity index (χ2n) is 5.41. The molecule has 1 aliphatic rings. The van der Waals surface area contributed by atoms with Crippen molar-refractivity contribution in [2.24, 2.45) is 11.7 Å². The van der Waals surface area contributed by atoms with Gasteiger partial charge in [0, 0.05) is 44.4 Å². The summed E-state index contributed by atoms with van der Waals surface area (Å²) in [4.78, 5) is 16.9. The normalized spacial score (nSPS) is 16.0. The van der Waals surface area contributed by atoms with Gasteiger partial charge in [0.15, 0.2) is 0 Å². The number of carbonyl (C=O) groups is 1. The lowest BCUT2D eigenvalue weighted by Gasteiger charge is -2.31. The number of hydrogen-bond acceptors (Lipinski definition) is 3. The minimum Gasteiger partial charge on any atom is -0.393 e. The van der Waals surface area contributed by atoms with E-state index < -0.39 is 0 Å². The molecule has 0 aliphatic carbocycles. The van der Waals surface area contributed by atoms with Crippen molar-refractivity contribution in [2.45, 2.75) is 12.8 Å². The molecule has 1 aliphatic heterocycles. The van der Waals surface area contributed by atoms with Crippen molar-refractivity contribution in [3.63, 3.8) is 0 Å². The molecule has 2 rings (SSSR count). The molecule has 1 saturated heterocycles. The molecule has 108 valence electrons. The molecule has 5 heteroatoms. The van der Waals surface area contributed by atoms with Crippen LogP contribution in [0.1, 0.15) is 23.2 Å². The molecule has 2 N–H and O–H groups in total. The molecule has 0 unspecified atom stereocenters. The Balaban J connectivity index is 2.00. The Morgan fingerprint density at radius 1 is 1.25 bits per heavy atom. The maximum Gasteiger partial charge on any atom is 0.253 e. The molecule has 4 nitrogen and oxygen atoms in total. The molecule has 1 amide bonds. The van der Waals surface area contributed by atoms with E-state index >= 15 is 0 Å². The van der Waals surface area contributed by atoms with E-state index in [2.05, 4.69) is 0 Å². The zero-order valence-electron chi connectivity index (χ0n) is 12.0. The fraction of sp³-hybridized carbons (Fsp3) is 0.467. The van der Waals surface area contributed by atoms with E-state index in [1.807, 2.05) is 48.2 Å². The largest absolute Gasteiger partial charge is 0.393 e. The maximum atomic E-state index is 12.4. The summed E-state index contributed by atoms with van der Waals surface area (Å²) in [6.45, 7) is 1.46. The van der Waals surface area contributed by atoms with E-state index in [-0.39, 0.29) is 11.8 Å². The highest BCUT2D eigenvalue weighted by atomic mass is 32.1. The summed E-state index contributed by atoms with van der Waals surface area (Å²) in [5, 5.41) is 0. The molecule has 1 aromatic rings. The summed E-state index contributed by atoms with van der Waals surface area (Å²) in [6.07, 6.45) is 1.74. The number of piperidine rings is 1. The summed E-state index contributed by atoms with van der Waals surface area (Å²) in [6, 6.07) is 7.71. The number of carbonyl (C=O) groups excluding carboxylic acids is 1. The van der Waals surface area contributed by atoms with Crippen molar-refractivity contribution in [1.82, 2.24) is 4.90 Å². The van der Waals surface area contributed by atoms with Gasteiger partial charge < -0.3 is 15.5 Å². The first-order valence-electron chi connectivity index (χ1n) is 6.85. The smallest absolute Gasteiger partial charge is 0.253 e. The van der Waals surface area contributed by atoms with Gasteiger partial charge in [0.2, 0.25) is 0 Å². The van der Waals surface area contributed by atoms with Crippen LogP contribution in [-0.2, 0) is 0 Å². The van der Waals surface area contributed by atoms with E-state index in [1.54, 1.807) is 0 Å². The monoisotopic (exact) mass is 291 g/mol. The van der Waals surface area contributed by atoms with Gasteiger partial charge in [0.25, 0.3) is 5.91 Å². The molecular weight excluding hydrogens is 270 g/mol. The summed E-state index contributed by atoms with van der Waals surface area (Å²) in [5.74, 6) is 0.377. The molecular formula is C15H21N3OS. The number of hydrogen-bond donors (Lipinski definition) is 1. The Bertz CT molecular complexity index is 490. The van der Waals surface area contributed by atoms with Crippen LogP contribution in [0.25, 0.3) is 0 Å². The van der Waals surface area contributed by atoms with E-state index in [0.717, 1.165) is 37.2 Å². The highest BCUT2D eigenvalue weighted by Crippen LogP contribution is 2.20. The van der Waals surface area contributed by atoms with Crippen molar-refractivity contribution in [3.8, 4) is 0 Å². The van der Waals surface area contributed by atoms with E-state index in [0.29, 0.717) is 4.99 Å². The maximum absolute atomic E-state index is 12.4. The van der Waals surface area contributed by atoms with Crippen molar-refractivity contribution in [1.29, 1.82) is 0 Å². The lowest BCUT2D eigenvalue weighted by Crippen LogP contribution is -2.41. The number of likely N-dealkylation sites (tertiary alicyclic amines) is 1. The number of rotatable bonds is 3. The Labute approximate surface area is 125 Å². The first kappa shape index (κ1) is 14.8. The molecule has 1 heterocycles. The SMILES string of the molecule is CN(C)c1ccc(C(=O)N2CCC(C(N)=S)CC2)cc1. The Morgan fingerprint density at radius 3 is 2.25 bits per heavy atom. The fourth-order valence-electron chi connectivity index (χ4n) is 2.45. The molecule has 0 bridgehead atoms. The Morgan fingerprint density at radius 2 is 1.80 bits per heavy atom. The van der Waals surface area contributed by atoms with Gasteiger partial charge in [-0.15, -0.1) is 0 Å². The van der Waals surface area contributed by atoms with Gasteiger partial charge in [0.05, 0.1) is 4.99 Å². The zero-order chi connectivity index (χ0) is 14.7. The third-order valence-corrected chi connectivity index (χ3v) is 4.15. The van der Waals surface area contributed by atoms with Gasteiger partial charge in [-0.3, -0.25) is 4.79 Å². The van der Waals surface area contributed by atoms with Gasteiger partial charge in [-0.05, 0) is 37.1 Å². The van der Waals surface area contributed by atoms with Crippen molar-refractivity contribution >= 4 is 28.8 Å². The second-order valence-corrected chi connectivity index (χ2v) is 5.88. The third kappa shape index (κ3) is 3.28. The van der Waals surface area contributed by atoms with Crippen LogP contribution in [0.4, 0.5) is 5.69 Å². The van der Waals surface area contributed by atoms with Crippen LogP contribution in [0, 0.1) is 5.92 Å². The Hall–Kier alpha value is -1.62. The van der Waals surface area contributed by atoms with Gasteiger partial charge in [-0.1, -0.05) is 12.2 Å². The standard InChI is InChI=1S/C15H21N3OS/c1-17(2)13-5-3-12(4-6-13)15(19)18-9-7-11(8-10-18)14(16)20/h3-6,11H,7-10H2,1-2H3,(H2,16,20). The second kappa shape index (κ2) is 6.22. The van der Waals surface area contributed by atoms with Crippen LogP contribution in [0.3, 0.4) is 0 Å². The number of amides is 1. The lowest BCUT2D eigenvalue weighted by atomic mass is 9.96. The minimum atomic E-state index is 0.0942. The van der Waals surface area contributed by atoms with Gasteiger partial charge in [-0.2, -0.15) is 0 Å². The van der Waals surface area contributed by atoms with Crippen LogP contribution in [0.2, 0.25) is 0 Å². The predicted molar refractivity (Wildman–Crippen MR) is 86.2 cm³/mol. The van der Waals surface area contributed by atoms with Crippen LogP contribution < -0.4 is 10.6 Å². The van der Waals surface area contributed by atoms with Crippen LogP contribution in [-0.4, -0.2) is 43.0 Å². The number of thiocarbonyl (C=S) groups is 1. The zero-order valence-corrected chi connectivity index (χ0v) is 12.8. The molecule has 0 saturated carbocycles. The van der Waals surface area contributed by atoms with Gasteiger partial charge >= 0.3 is 0 Å². The quantitative estimate of drug-likeness (QED) is 0.864. The number of nitrogens with two attached hydrogens (primary N) is 1. The van der Waals surface area contributed by atoms with Gasteiger partial charge in [0.1, 0.15) is 0 Å². The van der Waals surface area contributed by atoms with Crippen LogP contribution in [0.15, 0.2) is 24.3 Å². The highest BCUT2D eigenvalue weighted by molar-refractivity contribution is 7.80. The predicted octanol–water partition coefficient (Wildman–Crippen LogP) is 1.89. The average molecular weight is 291 g/mol. The summed E-state index contributed by atoms with van der Waals surface area (Å²) in [5.41, 5.74) is 7.50. The Kier molecular flexibility index (Phi) is 4.60. The molecule has 1 fully saturated rings. The molecule has 0 atom stereocenters. The third-order valence-electron chi connectivity index (χ3n) is 3.82. The summed E-state index contributed by atoms with van der Waals surface area (Å²) >= 11 is 5.02. The van der Waals surface area contributed by atoms with Crippen molar-refractivity contribution in [2.75, 3.05) is 32.1 Å². The van der Waals surface area contributed by atoms with Gasteiger partial charge in [-0.25, -0.2) is 0 Å². The number of anilines is 1. The van der Waals surface area contributed by atoms with Crippen molar-refractivity contribution in [3.05, 3.63) is 29.8 Å². The minimum absolute atomic E-state index is 0.0942. The lowest BCUT2D eigenvalue weighted by molar-refractivity contribution is 0.0710.